The topological polar surface area (TPSA) is 34.5 Å². The molecule has 0 aliphatic carbocycles. The van der Waals surface area contributed by atoms with Crippen LogP contribution in [0.1, 0.15) is 79.0 Å². The van der Waals surface area contributed by atoms with E-state index in [9.17, 15) is 0 Å². The maximum absolute atomic E-state index is 6.93. The summed E-state index contributed by atoms with van der Waals surface area (Å²) in [5, 5.41) is 9.82. The zero-order chi connectivity index (χ0) is 44.9. The van der Waals surface area contributed by atoms with Crippen LogP contribution in [0.25, 0.3) is 103 Å². The molecule has 8 aromatic carbocycles. The molecule has 2 aliphatic heterocycles. The van der Waals surface area contributed by atoms with Gasteiger partial charge < -0.3 is 18.2 Å². The molecule has 0 bridgehead atoms. The second kappa shape index (κ2) is 12.6. The third kappa shape index (κ3) is 5.06. The molecule has 14 rings (SSSR count). The highest BCUT2D eigenvalue weighted by Crippen LogP contribution is 2.54. The Morgan fingerprint density at radius 3 is 1.83 bits per heavy atom. The predicted octanol–water partition coefficient (Wildman–Crippen LogP) is 16.1. The summed E-state index contributed by atoms with van der Waals surface area (Å²) in [6.45, 7) is 20.6. The van der Waals surface area contributed by atoms with Crippen LogP contribution < -0.4 is 15.7 Å². The van der Waals surface area contributed by atoms with Crippen molar-refractivity contribution in [3.8, 4) is 16.8 Å². The first-order chi connectivity index (χ1) is 31.6. The molecule has 0 saturated heterocycles. The summed E-state index contributed by atoms with van der Waals surface area (Å²) < 4.78 is 18.9. The minimum absolute atomic E-state index is 0.00751. The Balaban J connectivity index is 1.23. The fraction of sp³-hybridized carbons (Fsp3) is 0.200. The Morgan fingerprint density at radius 1 is 0.485 bits per heavy atom. The van der Waals surface area contributed by atoms with Gasteiger partial charge in [-0.15, -0.1) is 11.3 Å². The summed E-state index contributed by atoms with van der Waals surface area (Å²) in [4.78, 5) is 2.67. The predicted molar refractivity (Wildman–Crippen MR) is 283 cm³/mol. The first kappa shape index (κ1) is 38.5. The van der Waals surface area contributed by atoms with E-state index in [0.29, 0.717) is 0 Å². The molecule has 66 heavy (non-hydrogen) atoms. The number of anilines is 2. The quantitative estimate of drug-likeness (QED) is 0.154. The second-order valence-corrected chi connectivity index (χ2v) is 23.2. The van der Waals surface area contributed by atoms with E-state index in [2.05, 4.69) is 205 Å². The van der Waals surface area contributed by atoms with Crippen molar-refractivity contribution in [2.24, 2.45) is 0 Å². The molecule has 320 valence electrons. The Hall–Kier alpha value is -6.76. The molecule has 6 heteroatoms. The summed E-state index contributed by atoms with van der Waals surface area (Å²) in [6.07, 6.45) is 0. The molecule has 4 aromatic heterocycles. The number of hydrogen-bond acceptors (Lipinski definition) is 4. The van der Waals surface area contributed by atoms with Crippen LogP contribution in [0.15, 0.2) is 142 Å². The molecule has 12 aromatic rings. The minimum Gasteiger partial charge on any atom is -0.456 e. The molecule has 4 nitrogen and oxygen atoms in total. The molecule has 0 unspecified atom stereocenters. The highest BCUT2D eigenvalue weighted by atomic mass is 32.1. The van der Waals surface area contributed by atoms with Crippen molar-refractivity contribution in [2.75, 3.05) is 4.81 Å². The Morgan fingerprint density at radius 2 is 1.09 bits per heavy atom. The number of para-hydroxylation sites is 1. The maximum Gasteiger partial charge on any atom is 0.333 e. The van der Waals surface area contributed by atoms with Gasteiger partial charge in [0.25, 0.3) is 0 Å². The van der Waals surface area contributed by atoms with E-state index < -0.39 is 0 Å². The molecule has 0 atom stereocenters. The van der Waals surface area contributed by atoms with Crippen LogP contribution >= 0.6 is 11.3 Å². The normalized spacial score (nSPS) is 14.1. The minimum atomic E-state index is -0.175. The fourth-order valence-corrected chi connectivity index (χ4v) is 12.9. The largest absolute Gasteiger partial charge is 0.456 e. The summed E-state index contributed by atoms with van der Waals surface area (Å²) >= 11 is 1.94. The van der Waals surface area contributed by atoms with Gasteiger partial charge in [0.1, 0.15) is 22.3 Å². The van der Waals surface area contributed by atoms with Crippen molar-refractivity contribution < 1.29 is 8.83 Å². The van der Waals surface area contributed by atoms with E-state index in [0.717, 1.165) is 49.6 Å². The summed E-state index contributed by atoms with van der Waals surface area (Å²) in [5.74, 6) is 0. The van der Waals surface area contributed by atoms with E-state index in [4.69, 9.17) is 8.83 Å². The number of rotatable bonds is 1. The van der Waals surface area contributed by atoms with E-state index in [1.165, 1.54) is 92.1 Å². The molecule has 2 aliphatic rings. The lowest BCUT2D eigenvalue weighted by molar-refractivity contribution is 0.590. The summed E-state index contributed by atoms with van der Waals surface area (Å²) in [7, 11) is 0. The molecule has 0 fully saturated rings. The van der Waals surface area contributed by atoms with E-state index >= 15 is 0 Å². The van der Waals surface area contributed by atoms with Crippen molar-refractivity contribution in [1.82, 2.24) is 4.57 Å². The molecule has 0 spiro atoms. The van der Waals surface area contributed by atoms with Crippen molar-refractivity contribution in [3.63, 3.8) is 0 Å². The monoisotopic (exact) mass is 872 g/mol. The lowest BCUT2D eigenvalue weighted by Crippen LogP contribution is -2.60. The molecule has 0 radical (unpaired) electrons. The highest BCUT2D eigenvalue weighted by Gasteiger charge is 2.46. The number of fused-ring (bicyclic) bond motifs is 19. The van der Waals surface area contributed by atoms with Crippen LogP contribution in [-0.2, 0) is 16.2 Å². The van der Waals surface area contributed by atoms with E-state index in [1.807, 2.05) is 11.3 Å². The molecule has 0 amide bonds. The van der Waals surface area contributed by atoms with Crippen molar-refractivity contribution in [3.05, 3.63) is 150 Å². The van der Waals surface area contributed by atoms with Crippen molar-refractivity contribution >= 4 is 126 Å². The van der Waals surface area contributed by atoms with Crippen LogP contribution in [0.4, 0.5) is 11.4 Å². The van der Waals surface area contributed by atoms with Gasteiger partial charge in [0, 0.05) is 81.2 Å². The Bertz CT molecular complexity index is 4120. The lowest BCUT2D eigenvalue weighted by Gasteiger charge is -2.42. The number of benzene rings is 8. The highest BCUT2D eigenvalue weighted by molar-refractivity contribution is 7.27. The number of aromatic nitrogens is 1. The zero-order valence-corrected chi connectivity index (χ0v) is 39.7. The molecule has 0 saturated carbocycles. The van der Waals surface area contributed by atoms with Gasteiger partial charge in [-0.2, -0.15) is 0 Å². The number of thiophene rings is 1. The average molecular weight is 873 g/mol. The smallest absolute Gasteiger partial charge is 0.333 e. The first-order valence-electron chi connectivity index (χ1n) is 23.4. The standard InChI is InChI=1S/C60H49BN2O2S/c1-58(2,3)32-18-22-35(23-19-32)63-45-29-40-38-26-34(60(7,8)9)21-25-48(38)65-49(40)30-42(45)52-53-37-15-11-13-17-51(37)66-57(53)54-41-27-33(59(4,5)6)20-24-44(41)62-46-31-50-39(36-14-10-12-16-47(36)64-50)28-43(46)61(63)55(52)56(54)62/h10-31H,1-9H3. The summed E-state index contributed by atoms with van der Waals surface area (Å²) in [5.41, 5.74) is 18.7. The third-order valence-electron chi connectivity index (χ3n) is 15.0. The number of hydrogen-bond donors (Lipinski definition) is 0. The van der Waals surface area contributed by atoms with Gasteiger partial charge in [0.15, 0.2) is 0 Å². The van der Waals surface area contributed by atoms with Crippen LogP contribution in [0.3, 0.4) is 0 Å². The lowest BCUT2D eigenvalue weighted by atomic mass is 9.43. The molecular weight excluding hydrogens is 824 g/mol. The van der Waals surface area contributed by atoms with Crippen LogP contribution in [0, 0.1) is 0 Å². The van der Waals surface area contributed by atoms with Gasteiger partial charge in [-0.3, -0.25) is 0 Å². The van der Waals surface area contributed by atoms with E-state index in [1.54, 1.807) is 0 Å². The van der Waals surface area contributed by atoms with Gasteiger partial charge in [-0.25, -0.2) is 0 Å². The van der Waals surface area contributed by atoms with Crippen LogP contribution in [0.5, 0.6) is 0 Å². The van der Waals surface area contributed by atoms with Crippen LogP contribution in [-0.4, -0.2) is 11.4 Å². The van der Waals surface area contributed by atoms with Crippen LogP contribution in [0.2, 0.25) is 0 Å². The third-order valence-corrected chi connectivity index (χ3v) is 16.2. The zero-order valence-electron chi connectivity index (χ0n) is 38.9. The van der Waals surface area contributed by atoms with Gasteiger partial charge in [0.05, 0.1) is 11.0 Å². The molecule has 0 N–H and O–H groups in total. The Labute approximate surface area is 388 Å². The number of furan rings is 2. The SMILES string of the molecule is CC(C)(C)c1ccc(N2B3c4cc5c(cc4-n4c6ccc(C(C)(C)C)cc6c6c7sc8ccccc8c7c(c3c64)-c3cc4oc6ccc(C(C)(C)C)cc6c4cc32)oc2ccccc25)cc1. The maximum atomic E-state index is 6.93. The van der Waals surface area contributed by atoms with Gasteiger partial charge in [-0.05, 0) is 110 Å². The van der Waals surface area contributed by atoms with Gasteiger partial charge >= 0.3 is 6.85 Å². The van der Waals surface area contributed by atoms with Gasteiger partial charge in [0.2, 0.25) is 0 Å². The molecule has 6 heterocycles. The summed E-state index contributed by atoms with van der Waals surface area (Å²) in [6, 6.07) is 50.7. The molecular formula is C60H49BN2O2S. The van der Waals surface area contributed by atoms with Gasteiger partial charge in [-0.1, -0.05) is 129 Å². The fourth-order valence-electron chi connectivity index (χ4n) is 11.6. The second-order valence-electron chi connectivity index (χ2n) is 22.1. The number of nitrogens with zero attached hydrogens (tertiary/aromatic N) is 2. The van der Waals surface area contributed by atoms with E-state index in [-0.39, 0.29) is 23.1 Å². The Kier molecular flexibility index (Phi) is 7.33. The average Bonchev–Trinajstić information content (AvgIpc) is 4.04. The van der Waals surface area contributed by atoms with Crippen molar-refractivity contribution in [1.29, 1.82) is 0 Å². The van der Waals surface area contributed by atoms with Crippen molar-refractivity contribution in [2.45, 2.75) is 78.6 Å². The first-order valence-corrected chi connectivity index (χ1v) is 24.3.